The molecule has 1 saturated heterocycles. The first-order chi connectivity index (χ1) is 9.65. The number of piperazine rings is 1. The first-order valence-corrected chi connectivity index (χ1v) is 6.91. The second-order valence-electron chi connectivity index (χ2n) is 5.03. The lowest BCUT2D eigenvalue weighted by Gasteiger charge is -2.34. The Hall–Kier alpha value is -1.88. The van der Waals surface area contributed by atoms with Gasteiger partial charge in [-0.25, -0.2) is 0 Å². The number of nitrogens with zero attached hydrogens (tertiary/aromatic N) is 2. The van der Waals surface area contributed by atoms with Gasteiger partial charge >= 0.3 is 5.97 Å². The van der Waals surface area contributed by atoms with Crippen LogP contribution in [0.5, 0.6) is 0 Å². The van der Waals surface area contributed by atoms with Crippen molar-refractivity contribution < 1.29 is 14.7 Å². The first-order valence-electron chi connectivity index (χ1n) is 6.91. The van der Waals surface area contributed by atoms with Gasteiger partial charge in [0.2, 0.25) is 5.91 Å². The summed E-state index contributed by atoms with van der Waals surface area (Å²) in [5.41, 5.74) is 1.03. The fourth-order valence-corrected chi connectivity index (χ4v) is 2.36. The number of carbonyl (C=O) groups is 2. The molecule has 5 nitrogen and oxygen atoms in total. The van der Waals surface area contributed by atoms with Crippen LogP contribution >= 0.6 is 0 Å². The fraction of sp³-hybridized carbons (Fsp3) is 0.467. The number of hydrogen-bond donors (Lipinski definition) is 1. The molecule has 108 valence electrons. The van der Waals surface area contributed by atoms with Crippen molar-refractivity contribution in [2.75, 3.05) is 32.7 Å². The van der Waals surface area contributed by atoms with E-state index in [-0.39, 0.29) is 12.3 Å². The SMILES string of the molecule is O=C(O)CCN1CCN(C(=O)Cc2ccccc2)CC1. The summed E-state index contributed by atoms with van der Waals surface area (Å²) < 4.78 is 0. The number of aliphatic carboxylic acids is 1. The number of amides is 1. The molecule has 1 fully saturated rings. The van der Waals surface area contributed by atoms with E-state index in [1.165, 1.54) is 0 Å². The monoisotopic (exact) mass is 276 g/mol. The summed E-state index contributed by atoms with van der Waals surface area (Å²) in [6.07, 6.45) is 0.605. The third kappa shape index (κ3) is 4.35. The molecule has 1 aromatic carbocycles. The highest BCUT2D eigenvalue weighted by Crippen LogP contribution is 2.07. The van der Waals surface area contributed by atoms with Crippen LogP contribution in [-0.2, 0) is 16.0 Å². The van der Waals surface area contributed by atoms with Gasteiger partial charge in [0.05, 0.1) is 12.8 Å². The summed E-state index contributed by atoms with van der Waals surface area (Å²) >= 11 is 0. The van der Waals surface area contributed by atoms with E-state index in [1.807, 2.05) is 35.2 Å². The van der Waals surface area contributed by atoms with Gasteiger partial charge in [0.15, 0.2) is 0 Å². The van der Waals surface area contributed by atoms with Crippen LogP contribution in [0.3, 0.4) is 0 Å². The molecule has 0 unspecified atom stereocenters. The van der Waals surface area contributed by atoms with E-state index in [0.29, 0.717) is 26.1 Å². The standard InChI is InChI=1S/C15H20N2O3/c18-14(12-13-4-2-1-3-5-13)17-10-8-16(9-11-17)7-6-15(19)20/h1-5H,6-12H2,(H,19,20). The minimum Gasteiger partial charge on any atom is -0.481 e. The summed E-state index contributed by atoms with van der Waals surface area (Å²) in [5.74, 6) is -0.623. The van der Waals surface area contributed by atoms with Gasteiger partial charge in [-0.3, -0.25) is 14.5 Å². The van der Waals surface area contributed by atoms with Gasteiger partial charge in [-0.1, -0.05) is 30.3 Å². The van der Waals surface area contributed by atoms with Crippen LogP contribution < -0.4 is 0 Å². The van der Waals surface area contributed by atoms with Crippen molar-refractivity contribution >= 4 is 11.9 Å². The van der Waals surface area contributed by atoms with E-state index in [2.05, 4.69) is 4.90 Å². The van der Waals surface area contributed by atoms with Crippen LogP contribution in [0.2, 0.25) is 0 Å². The molecule has 1 aliphatic rings. The summed E-state index contributed by atoms with van der Waals surface area (Å²) in [6.45, 7) is 3.45. The molecule has 0 saturated carbocycles. The zero-order chi connectivity index (χ0) is 14.4. The number of carboxylic acid groups (broad SMARTS) is 1. The lowest BCUT2D eigenvalue weighted by Crippen LogP contribution is -2.49. The van der Waals surface area contributed by atoms with Crippen LogP contribution in [-0.4, -0.2) is 59.5 Å². The molecule has 0 atom stereocenters. The van der Waals surface area contributed by atoms with Crippen molar-refractivity contribution in [1.82, 2.24) is 9.80 Å². The maximum Gasteiger partial charge on any atom is 0.304 e. The predicted molar refractivity (Wildman–Crippen MR) is 75.4 cm³/mol. The van der Waals surface area contributed by atoms with E-state index < -0.39 is 5.97 Å². The van der Waals surface area contributed by atoms with Crippen molar-refractivity contribution in [1.29, 1.82) is 0 Å². The number of benzene rings is 1. The summed E-state index contributed by atoms with van der Waals surface area (Å²) in [6, 6.07) is 9.73. The van der Waals surface area contributed by atoms with Crippen molar-refractivity contribution in [3.05, 3.63) is 35.9 Å². The lowest BCUT2D eigenvalue weighted by molar-refractivity contribution is -0.138. The Morgan fingerprint density at radius 1 is 1.05 bits per heavy atom. The lowest BCUT2D eigenvalue weighted by atomic mass is 10.1. The molecule has 0 radical (unpaired) electrons. The van der Waals surface area contributed by atoms with Crippen LogP contribution in [0.15, 0.2) is 30.3 Å². The molecular formula is C15H20N2O3. The van der Waals surface area contributed by atoms with E-state index in [4.69, 9.17) is 5.11 Å². The van der Waals surface area contributed by atoms with E-state index in [1.54, 1.807) is 0 Å². The average molecular weight is 276 g/mol. The molecular weight excluding hydrogens is 256 g/mol. The smallest absolute Gasteiger partial charge is 0.304 e. The Balaban J connectivity index is 1.76. The molecule has 1 aromatic rings. The Bertz CT molecular complexity index is 453. The van der Waals surface area contributed by atoms with Crippen molar-refractivity contribution in [2.45, 2.75) is 12.8 Å². The van der Waals surface area contributed by atoms with Gasteiger partial charge in [-0.15, -0.1) is 0 Å². The molecule has 0 spiro atoms. The minimum atomic E-state index is -0.771. The zero-order valence-electron chi connectivity index (χ0n) is 11.5. The van der Waals surface area contributed by atoms with E-state index in [0.717, 1.165) is 18.7 Å². The highest BCUT2D eigenvalue weighted by atomic mass is 16.4. The molecule has 5 heteroatoms. The molecule has 0 aromatic heterocycles. The Morgan fingerprint density at radius 3 is 2.30 bits per heavy atom. The van der Waals surface area contributed by atoms with Crippen LogP contribution in [0.25, 0.3) is 0 Å². The maximum atomic E-state index is 12.2. The van der Waals surface area contributed by atoms with Crippen LogP contribution in [0.4, 0.5) is 0 Å². The highest BCUT2D eigenvalue weighted by Gasteiger charge is 2.21. The molecule has 1 amide bonds. The zero-order valence-corrected chi connectivity index (χ0v) is 11.5. The first kappa shape index (κ1) is 14.5. The minimum absolute atomic E-state index is 0.147. The molecule has 20 heavy (non-hydrogen) atoms. The van der Waals surface area contributed by atoms with Gasteiger partial charge in [-0.05, 0) is 5.56 Å². The number of carbonyl (C=O) groups excluding carboxylic acids is 1. The maximum absolute atomic E-state index is 12.2. The van der Waals surface area contributed by atoms with Gasteiger partial charge in [0, 0.05) is 32.7 Å². The largest absolute Gasteiger partial charge is 0.481 e. The van der Waals surface area contributed by atoms with Gasteiger partial charge in [-0.2, -0.15) is 0 Å². The molecule has 0 bridgehead atoms. The van der Waals surface area contributed by atoms with Crippen LogP contribution in [0, 0.1) is 0 Å². The van der Waals surface area contributed by atoms with Crippen molar-refractivity contribution in [3.63, 3.8) is 0 Å². The number of carboxylic acids is 1. The fourth-order valence-electron chi connectivity index (χ4n) is 2.36. The predicted octanol–water partition coefficient (Wildman–Crippen LogP) is 0.848. The second-order valence-corrected chi connectivity index (χ2v) is 5.03. The quantitative estimate of drug-likeness (QED) is 0.866. The van der Waals surface area contributed by atoms with Crippen LogP contribution in [0.1, 0.15) is 12.0 Å². The Morgan fingerprint density at radius 2 is 1.70 bits per heavy atom. The summed E-state index contributed by atoms with van der Waals surface area (Å²) in [4.78, 5) is 26.6. The number of rotatable bonds is 5. The summed E-state index contributed by atoms with van der Waals surface area (Å²) in [7, 11) is 0. The molecule has 0 aliphatic carbocycles. The third-order valence-corrected chi connectivity index (χ3v) is 3.57. The van der Waals surface area contributed by atoms with Crippen molar-refractivity contribution in [3.8, 4) is 0 Å². The van der Waals surface area contributed by atoms with Gasteiger partial charge in [0.1, 0.15) is 0 Å². The second kappa shape index (κ2) is 7.05. The van der Waals surface area contributed by atoms with Gasteiger partial charge < -0.3 is 10.0 Å². The Kier molecular flexibility index (Phi) is 5.12. The molecule has 1 aliphatic heterocycles. The molecule has 1 N–H and O–H groups in total. The molecule has 2 rings (SSSR count). The average Bonchev–Trinajstić information content (AvgIpc) is 2.46. The summed E-state index contributed by atoms with van der Waals surface area (Å²) in [5, 5.41) is 8.66. The van der Waals surface area contributed by atoms with E-state index >= 15 is 0 Å². The topological polar surface area (TPSA) is 60.9 Å². The third-order valence-electron chi connectivity index (χ3n) is 3.57. The van der Waals surface area contributed by atoms with Gasteiger partial charge in [0.25, 0.3) is 0 Å². The van der Waals surface area contributed by atoms with E-state index in [9.17, 15) is 9.59 Å². The Labute approximate surface area is 118 Å². The normalized spacial score (nSPS) is 16.1. The number of hydrogen-bond acceptors (Lipinski definition) is 3. The van der Waals surface area contributed by atoms with Crippen molar-refractivity contribution in [2.24, 2.45) is 0 Å². The highest BCUT2D eigenvalue weighted by molar-refractivity contribution is 5.78. The molecule has 1 heterocycles.